The quantitative estimate of drug-likeness (QED) is 0.769. The molecular weight excluding hydrogens is 358 g/mol. The van der Waals surface area contributed by atoms with Crippen molar-refractivity contribution in [3.05, 3.63) is 65.2 Å². The first-order chi connectivity index (χ1) is 12.0. The fraction of sp³-hybridized carbons (Fsp3) is 0.316. The Morgan fingerprint density at radius 1 is 1.16 bits per heavy atom. The van der Waals surface area contributed by atoms with Gasteiger partial charge in [-0.2, -0.15) is 5.26 Å². The second kappa shape index (κ2) is 6.80. The van der Waals surface area contributed by atoms with Gasteiger partial charge in [-0.3, -0.25) is 0 Å². The van der Waals surface area contributed by atoms with E-state index in [2.05, 4.69) is 6.07 Å². The second-order valence-electron chi connectivity index (χ2n) is 6.10. The summed E-state index contributed by atoms with van der Waals surface area (Å²) in [5, 5.41) is 9.57. The predicted octanol–water partition coefficient (Wildman–Crippen LogP) is 3.83. The van der Waals surface area contributed by atoms with Gasteiger partial charge < -0.3 is 4.74 Å². The zero-order chi connectivity index (χ0) is 18.1. The van der Waals surface area contributed by atoms with E-state index in [4.69, 9.17) is 16.3 Å². The number of ether oxygens (including phenoxy) is 1. The van der Waals surface area contributed by atoms with E-state index < -0.39 is 26.4 Å². The summed E-state index contributed by atoms with van der Waals surface area (Å²) in [6.45, 7) is 2.34. The first-order valence-corrected chi connectivity index (χ1v) is 9.93. The molecule has 3 atom stereocenters. The highest BCUT2D eigenvalue weighted by atomic mass is 35.5. The first-order valence-electron chi connectivity index (χ1n) is 8.01. The largest absolute Gasteiger partial charge is 0.380 e. The van der Waals surface area contributed by atoms with Crippen LogP contribution in [0.5, 0.6) is 0 Å². The molecule has 0 heterocycles. The number of nitriles is 1. The molecule has 0 saturated heterocycles. The van der Waals surface area contributed by atoms with Crippen LogP contribution in [0.15, 0.2) is 59.5 Å². The standard InChI is InChI=1S/C19H18ClNO3S/c1-2-24-13-19(12-21)17(14-8-10-15(20)11-9-14)18(19)25(22,23)16-6-4-3-5-7-16/h3-11,17-18H,2,13H2,1H3/t17-,18+,19+/m0/s1. The minimum atomic E-state index is -3.66. The molecule has 0 radical (unpaired) electrons. The number of halogens is 1. The summed E-state index contributed by atoms with van der Waals surface area (Å²) in [6.07, 6.45) is 0. The third-order valence-electron chi connectivity index (χ3n) is 4.64. The summed E-state index contributed by atoms with van der Waals surface area (Å²) >= 11 is 5.94. The fourth-order valence-corrected chi connectivity index (χ4v) is 5.82. The molecule has 0 amide bonds. The average molecular weight is 376 g/mol. The van der Waals surface area contributed by atoms with Gasteiger partial charge in [0, 0.05) is 17.5 Å². The van der Waals surface area contributed by atoms with Crippen molar-refractivity contribution in [3.8, 4) is 6.07 Å². The van der Waals surface area contributed by atoms with Crippen LogP contribution in [0.4, 0.5) is 0 Å². The lowest BCUT2D eigenvalue weighted by Gasteiger charge is -2.09. The summed E-state index contributed by atoms with van der Waals surface area (Å²) in [7, 11) is -3.66. The Morgan fingerprint density at radius 2 is 1.80 bits per heavy atom. The molecule has 0 aliphatic heterocycles. The molecule has 3 rings (SSSR count). The van der Waals surface area contributed by atoms with Gasteiger partial charge in [0.2, 0.25) is 0 Å². The molecule has 6 heteroatoms. The Labute approximate surface area is 152 Å². The summed E-state index contributed by atoms with van der Waals surface area (Å²) in [5.41, 5.74) is -0.298. The van der Waals surface area contributed by atoms with E-state index in [0.29, 0.717) is 11.6 Å². The van der Waals surface area contributed by atoms with E-state index in [1.165, 1.54) is 0 Å². The lowest BCUT2D eigenvalue weighted by molar-refractivity contribution is 0.117. The molecule has 1 aliphatic rings. The Kier molecular flexibility index (Phi) is 4.88. The third-order valence-corrected chi connectivity index (χ3v) is 7.19. The molecule has 0 aromatic heterocycles. The van der Waals surface area contributed by atoms with Gasteiger partial charge in [-0.15, -0.1) is 0 Å². The molecular formula is C19H18ClNO3S. The highest BCUT2D eigenvalue weighted by molar-refractivity contribution is 7.92. The fourth-order valence-electron chi connectivity index (χ4n) is 3.37. The van der Waals surface area contributed by atoms with Gasteiger partial charge in [-0.1, -0.05) is 41.9 Å². The van der Waals surface area contributed by atoms with E-state index in [-0.39, 0.29) is 11.5 Å². The molecule has 2 aromatic rings. The molecule has 130 valence electrons. The number of rotatable bonds is 6. The lowest BCUT2D eigenvalue weighted by atomic mass is 10.0. The molecule has 0 spiro atoms. The number of hydrogen-bond acceptors (Lipinski definition) is 4. The summed E-state index contributed by atoms with van der Waals surface area (Å²) in [6, 6.07) is 17.5. The van der Waals surface area contributed by atoms with Gasteiger partial charge >= 0.3 is 0 Å². The number of benzene rings is 2. The van der Waals surface area contributed by atoms with Crippen molar-refractivity contribution in [1.29, 1.82) is 5.26 Å². The molecule has 0 N–H and O–H groups in total. The van der Waals surface area contributed by atoms with Crippen molar-refractivity contribution in [2.75, 3.05) is 13.2 Å². The zero-order valence-corrected chi connectivity index (χ0v) is 15.3. The van der Waals surface area contributed by atoms with Crippen molar-refractivity contribution >= 4 is 21.4 Å². The van der Waals surface area contributed by atoms with Crippen LogP contribution in [0.1, 0.15) is 18.4 Å². The first kappa shape index (κ1) is 17.9. The van der Waals surface area contributed by atoms with Gasteiger partial charge in [0.05, 0.1) is 22.8 Å². The van der Waals surface area contributed by atoms with Gasteiger partial charge in [0.15, 0.2) is 9.84 Å². The van der Waals surface area contributed by atoms with Crippen molar-refractivity contribution in [1.82, 2.24) is 0 Å². The molecule has 1 saturated carbocycles. The SMILES string of the molecule is CCOC[C@@]1(C#N)[C@H](S(=O)(=O)c2ccccc2)[C@@H]1c1ccc(Cl)cc1. The predicted molar refractivity (Wildman–Crippen MR) is 96.1 cm³/mol. The highest BCUT2D eigenvalue weighted by Crippen LogP contribution is 2.63. The van der Waals surface area contributed by atoms with E-state index in [9.17, 15) is 13.7 Å². The van der Waals surface area contributed by atoms with Crippen LogP contribution in [0, 0.1) is 16.7 Å². The van der Waals surface area contributed by atoms with Crippen LogP contribution < -0.4 is 0 Å². The van der Waals surface area contributed by atoms with Crippen molar-refractivity contribution in [2.24, 2.45) is 5.41 Å². The van der Waals surface area contributed by atoms with Gasteiger partial charge in [0.25, 0.3) is 0 Å². The summed E-state index contributed by atoms with van der Waals surface area (Å²) < 4.78 is 31.8. The van der Waals surface area contributed by atoms with E-state index in [0.717, 1.165) is 5.56 Å². The third kappa shape index (κ3) is 3.06. The average Bonchev–Trinajstić information content (AvgIpc) is 3.31. The Balaban J connectivity index is 2.06. The second-order valence-corrected chi connectivity index (χ2v) is 8.60. The molecule has 0 bridgehead atoms. The van der Waals surface area contributed by atoms with Crippen LogP contribution in [0.25, 0.3) is 0 Å². The van der Waals surface area contributed by atoms with Gasteiger partial charge in [0.1, 0.15) is 5.41 Å². The van der Waals surface area contributed by atoms with Crippen LogP contribution in [0.3, 0.4) is 0 Å². The van der Waals surface area contributed by atoms with Crippen molar-refractivity contribution in [3.63, 3.8) is 0 Å². The molecule has 1 fully saturated rings. The minimum absolute atomic E-state index is 0.0873. The summed E-state index contributed by atoms with van der Waals surface area (Å²) in [5.74, 6) is -0.438. The Hall–Kier alpha value is -1.87. The highest BCUT2D eigenvalue weighted by Gasteiger charge is 2.72. The topological polar surface area (TPSA) is 67.2 Å². The van der Waals surface area contributed by atoms with Crippen LogP contribution >= 0.6 is 11.6 Å². The molecule has 0 unspecified atom stereocenters. The molecule has 2 aromatic carbocycles. The van der Waals surface area contributed by atoms with Gasteiger partial charge in [-0.25, -0.2) is 8.42 Å². The molecule has 1 aliphatic carbocycles. The van der Waals surface area contributed by atoms with E-state index in [1.807, 2.05) is 6.92 Å². The number of hydrogen-bond donors (Lipinski definition) is 0. The normalized spacial score (nSPS) is 25.3. The van der Waals surface area contributed by atoms with Crippen LogP contribution in [0.2, 0.25) is 5.02 Å². The zero-order valence-electron chi connectivity index (χ0n) is 13.7. The maximum Gasteiger partial charge on any atom is 0.183 e. The number of sulfone groups is 1. The van der Waals surface area contributed by atoms with Gasteiger partial charge in [-0.05, 0) is 36.8 Å². The smallest absolute Gasteiger partial charge is 0.183 e. The van der Waals surface area contributed by atoms with Crippen LogP contribution in [-0.2, 0) is 14.6 Å². The molecule has 4 nitrogen and oxygen atoms in total. The Bertz CT molecular complexity index is 891. The van der Waals surface area contributed by atoms with E-state index in [1.54, 1.807) is 54.6 Å². The lowest BCUT2D eigenvalue weighted by Crippen LogP contribution is -2.19. The minimum Gasteiger partial charge on any atom is -0.380 e. The summed E-state index contributed by atoms with van der Waals surface area (Å²) in [4.78, 5) is 0.229. The van der Waals surface area contributed by atoms with Crippen molar-refractivity contribution in [2.45, 2.75) is 23.0 Å². The van der Waals surface area contributed by atoms with Crippen molar-refractivity contribution < 1.29 is 13.2 Å². The molecule has 25 heavy (non-hydrogen) atoms. The maximum atomic E-state index is 13.2. The van der Waals surface area contributed by atoms with Crippen LogP contribution in [-0.4, -0.2) is 26.9 Å². The Morgan fingerprint density at radius 3 is 2.36 bits per heavy atom. The number of nitrogens with zero attached hydrogens (tertiary/aromatic N) is 1. The maximum absolute atomic E-state index is 13.2. The monoisotopic (exact) mass is 375 g/mol. The van der Waals surface area contributed by atoms with E-state index >= 15 is 0 Å².